The van der Waals surface area contributed by atoms with E-state index in [4.69, 9.17) is 8.92 Å². The average Bonchev–Trinajstić information content (AvgIpc) is 2.74. The van der Waals surface area contributed by atoms with E-state index in [1.54, 1.807) is 18.2 Å². The molecule has 10 heteroatoms. The van der Waals surface area contributed by atoms with E-state index in [0.29, 0.717) is 18.4 Å². The first-order valence-electron chi connectivity index (χ1n) is 9.70. The van der Waals surface area contributed by atoms with Crippen molar-refractivity contribution >= 4 is 10.1 Å². The number of aromatic nitrogens is 2. The predicted octanol–water partition coefficient (Wildman–Crippen LogP) is 3.31. The summed E-state index contributed by atoms with van der Waals surface area (Å²) in [6, 6.07) is 11.7. The van der Waals surface area contributed by atoms with E-state index >= 15 is 0 Å². The molecule has 0 fully saturated rings. The summed E-state index contributed by atoms with van der Waals surface area (Å²) in [5.41, 5.74) is 1.12. The standard InChI is InChI=1S/C22H22F2N2O5S/c1-30-21-10-7-16(12-19(21)24)20-13-17(14-31-32(2,28)29)22(27)26(25-20)11-3-4-15-5-8-18(23)9-6-15/h5-10,12-13H,3-4,11,14H2,1-2H3. The van der Waals surface area contributed by atoms with E-state index in [9.17, 15) is 22.0 Å². The molecule has 3 aromatic rings. The van der Waals surface area contributed by atoms with Gasteiger partial charge < -0.3 is 4.74 Å². The normalized spacial score (nSPS) is 11.5. The molecule has 0 bridgehead atoms. The van der Waals surface area contributed by atoms with Gasteiger partial charge in [0.25, 0.3) is 15.7 Å². The fourth-order valence-electron chi connectivity index (χ4n) is 3.07. The maximum absolute atomic E-state index is 14.2. The second-order valence-electron chi connectivity index (χ2n) is 7.13. The number of methoxy groups -OCH3 is 1. The van der Waals surface area contributed by atoms with Crippen molar-refractivity contribution in [2.75, 3.05) is 13.4 Å². The average molecular weight is 464 g/mol. The van der Waals surface area contributed by atoms with Crippen LogP contribution < -0.4 is 10.3 Å². The van der Waals surface area contributed by atoms with Crippen molar-refractivity contribution in [3.05, 3.63) is 81.6 Å². The Hall–Kier alpha value is -3.11. The number of ether oxygens (including phenoxy) is 1. The fraction of sp³-hybridized carbons (Fsp3) is 0.273. The van der Waals surface area contributed by atoms with Gasteiger partial charge in [-0.1, -0.05) is 12.1 Å². The Morgan fingerprint density at radius 1 is 1.06 bits per heavy atom. The summed E-state index contributed by atoms with van der Waals surface area (Å²) in [6.45, 7) is -0.252. The monoisotopic (exact) mass is 464 g/mol. The van der Waals surface area contributed by atoms with Crippen LogP contribution in [0.15, 0.2) is 53.3 Å². The van der Waals surface area contributed by atoms with Crippen LogP contribution in [0.25, 0.3) is 11.3 Å². The van der Waals surface area contributed by atoms with Crippen LogP contribution in [0.2, 0.25) is 0 Å². The predicted molar refractivity (Wildman–Crippen MR) is 115 cm³/mol. The maximum Gasteiger partial charge on any atom is 0.272 e. The summed E-state index contributed by atoms with van der Waals surface area (Å²) in [4.78, 5) is 12.8. The molecule has 170 valence electrons. The van der Waals surface area contributed by atoms with E-state index in [1.807, 2.05) is 0 Å². The molecule has 0 amide bonds. The van der Waals surface area contributed by atoms with Crippen molar-refractivity contribution in [3.63, 3.8) is 0 Å². The quantitative estimate of drug-likeness (QED) is 0.452. The molecule has 2 aromatic carbocycles. The lowest BCUT2D eigenvalue weighted by atomic mass is 10.1. The number of rotatable bonds is 9. The van der Waals surface area contributed by atoms with Gasteiger partial charge in [-0.15, -0.1) is 0 Å². The van der Waals surface area contributed by atoms with Gasteiger partial charge in [0.05, 0.1) is 25.7 Å². The van der Waals surface area contributed by atoms with Crippen LogP contribution in [0.1, 0.15) is 17.5 Å². The zero-order chi connectivity index (χ0) is 23.3. The fourth-order valence-corrected chi connectivity index (χ4v) is 3.41. The Balaban J connectivity index is 1.91. The molecular formula is C22H22F2N2O5S. The molecule has 0 aliphatic rings. The minimum absolute atomic E-state index is 0.0574. The van der Waals surface area contributed by atoms with Crippen molar-refractivity contribution in [3.8, 4) is 17.0 Å². The first-order valence-corrected chi connectivity index (χ1v) is 11.5. The first-order chi connectivity index (χ1) is 15.2. The molecule has 0 atom stereocenters. The van der Waals surface area contributed by atoms with Gasteiger partial charge in [-0.05, 0) is 54.8 Å². The number of hydrogen-bond donors (Lipinski definition) is 0. The Labute approximate surface area is 184 Å². The number of aryl methyl sites for hydroxylation is 2. The van der Waals surface area contributed by atoms with Crippen LogP contribution in [-0.2, 0) is 33.9 Å². The third-order valence-corrected chi connectivity index (χ3v) is 5.22. The second kappa shape index (κ2) is 10.0. The molecule has 0 unspecified atom stereocenters. The zero-order valence-electron chi connectivity index (χ0n) is 17.5. The van der Waals surface area contributed by atoms with Crippen LogP contribution in [-0.4, -0.2) is 31.6 Å². The van der Waals surface area contributed by atoms with E-state index in [0.717, 1.165) is 11.8 Å². The van der Waals surface area contributed by atoms with Crippen molar-refractivity contribution in [1.29, 1.82) is 0 Å². The van der Waals surface area contributed by atoms with Gasteiger partial charge in [0, 0.05) is 17.7 Å². The summed E-state index contributed by atoms with van der Waals surface area (Å²) >= 11 is 0. The number of benzene rings is 2. The van der Waals surface area contributed by atoms with Crippen molar-refractivity contribution < 1.29 is 26.1 Å². The first kappa shape index (κ1) is 23.6. The molecule has 0 N–H and O–H groups in total. The summed E-state index contributed by atoms with van der Waals surface area (Å²) in [5, 5.41) is 4.32. The number of halogens is 2. The lowest BCUT2D eigenvalue weighted by molar-refractivity contribution is 0.308. The van der Waals surface area contributed by atoms with E-state index in [-0.39, 0.29) is 29.4 Å². The molecule has 7 nitrogen and oxygen atoms in total. The highest BCUT2D eigenvalue weighted by atomic mass is 32.2. The molecule has 0 radical (unpaired) electrons. The zero-order valence-corrected chi connectivity index (χ0v) is 18.4. The Morgan fingerprint density at radius 2 is 1.78 bits per heavy atom. The van der Waals surface area contributed by atoms with E-state index in [1.165, 1.54) is 42.1 Å². The Morgan fingerprint density at radius 3 is 2.41 bits per heavy atom. The topological polar surface area (TPSA) is 87.5 Å². The number of hydrogen-bond acceptors (Lipinski definition) is 6. The maximum atomic E-state index is 14.2. The molecule has 32 heavy (non-hydrogen) atoms. The van der Waals surface area contributed by atoms with Gasteiger partial charge in [-0.3, -0.25) is 8.98 Å². The summed E-state index contributed by atoms with van der Waals surface area (Å²) in [5.74, 6) is -0.877. The Bertz CT molecular complexity index is 1260. The SMILES string of the molecule is COc1ccc(-c2cc(COS(C)(=O)=O)c(=O)n(CCCc3ccc(F)cc3)n2)cc1F. The van der Waals surface area contributed by atoms with E-state index in [2.05, 4.69) is 5.10 Å². The van der Waals surface area contributed by atoms with Gasteiger partial charge >= 0.3 is 0 Å². The molecule has 3 rings (SSSR count). The van der Waals surface area contributed by atoms with Gasteiger partial charge in [0.1, 0.15) is 5.82 Å². The summed E-state index contributed by atoms with van der Waals surface area (Å²) in [7, 11) is -2.43. The van der Waals surface area contributed by atoms with Gasteiger partial charge in [0.2, 0.25) is 0 Å². The van der Waals surface area contributed by atoms with Crippen LogP contribution in [0, 0.1) is 11.6 Å². The molecule has 0 spiro atoms. The number of nitrogens with zero attached hydrogens (tertiary/aromatic N) is 2. The van der Waals surface area contributed by atoms with Crippen LogP contribution in [0.5, 0.6) is 5.75 Å². The summed E-state index contributed by atoms with van der Waals surface area (Å²) < 4.78 is 60.9. The highest BCUT2D eigenvalue weighted by Crippen LogP contribution is 2.24. The van der Waals surface area contributed by atoms with Gasteiger partial charge in [0.15, 0.2) is 11.6 Å². The molecule has 0 aliphatic carbocycles. The van der Waals surface area contributed by atoms with Crippen molar-refractivity contribution in [2.45, 2.75) is 26.0 Å². The van der Waals surface area contributed by atoms with Crippen LogP contribution in [0.3, 0.4) is 0 Å². The minimum Gasteiger partial charge on any atom is -0.494 e. The van der Waals surface area contributed by atoms with E-state index < -0.39 is 28.1 Å². The third kappa shape index (κ3) is 6.21. The molecule has 0 saturated heterocycles. The smallest absolute Gasteiger partial charge is 0.272 e. The molecule has 1 aromatic heterocycles. The Kier molecular flexibility index (Phi) is 7.37. The molecule has 1 heterocycles. The third-order valence-electron chi connectivity index (χ3n) is 4.67. The van der Waals surface area contributed by atoms with Crippen LogP contribution in [0.4, 0.5) is 8.78 Å². The van der Waals surface area contributed by atoms with Crippen LogP contribution >= 0.6 is 0 Å². The largest absolute Gasteiger partial charge is 0.494 e. The second-order valence-corrected chi connectivity index (χ2v) is 8.77. The minimum atomic E-state index is -3.78. The van der Waals surface area contributed by atoms with Gasteiger partial charge in [-0.25, -0.2) is 13.5 Å². The van der Waals surface area contributed by atoms with Crippen molar-refractivity contribution in [2.24, 2.45) is 0 Å². The highest BCUT2D eigenvalue weighted by Gasteiger charge is 2.14. The van der Waals surface area contributed by atoms with Crippen molar-refractivity contribution in [1.82, 2.24) is 9.78 Å². The van der Waals surface area contributed by atoms with Gasteiger partial charge in [-0.2, -0.15) is 13.5 Å². The highest BCUT2D eigenvalue weighted by molar-refractivity contribution is 7.85. The summed E-state index contributed by atoms with van der Waals surface area (Å²) in [6.07, 6.45) is 1.98. The molecule has 0 saturated carbocycles. The lowest BCUT2D eigenvalue weighted by Gasteiger charge is -2.12. The lowest BCUT2D eigenvalue weighted by Crippen LogP contribution is -2.28. The molecular weight excluding hydrogens is 442 g/mol. The molecule has 0 aliphatic heterocycles.